The first-order chi connectivity index (χ1) is 10.5. The van der Waals surface area contributed by atoms with Gasteiger partial charge in [0.05, 0.1) is 6.54 Å². The third-order valence-electron chi connectivity index (χ3n) is 3.71. The summed E-state index contributed by atoms with van der Waals surface area (Å²) in [5.74, 6) is -0.974. The highest BCUT2D eigenvalue weighted by Crippen LogP contribution is 2.18. The van der Waals surface area contributed by atoms with E-state index in [0.29, 0.717) is 24.2 Å². The van der Waals surface area contributed by atoms with E-state index in [1.807, 2.05) is 0 Å². The Morgan fingerprint density at radius 2 is 2.09 bits per heavy atom. The Bertz CT molecular complexity index is 598. The second-order valence-corrected chi connectivity index (χ2v) is 5.45. The van der Waals surface area contributed by atoms with E-state index in [-0.39, 0.29) is 18.4 Å². The van der Waals surface area contributed by atoms with E-state index >= 15 is 0 Å². The van der Waals surface area contributed by atoms with Crippen molar-refractivity contribution >= 4 is 17.7 Å². The minimum atomic E-state index is -0.538. The monoisotopic (exact) mass is 303 g/mol. The lowest BCUT2D eigenvalue weighted by Gasteiger charge is -2.21. The molecule has 3 N–H and O–H groups in total. The quantitative estimate of drug-likeness (QED) is 0.737. The van der Waals surface area contributed by atoms with Crippen molar-refractivity contribution in [1.82, 2.24) is 10.2 Å². The molecule has 0 spiro atoms. The van der Waals surface area contributed by atoms with Gasteiger partial charge < -0.3 is 16.0 Å². The van der Waals surface area contributed by atoms with Crippen LogP contribution < -0.4 is 11.1 Å². The van der Waals surface area contributed by atoms with E-state index in [9.17, 15) is 14.4 Å². The fourth-order valence-electron chi connectivity index (χ4n) is 2.52. The van der Waals surface area contributed by atoms with Gasteiger partial charge in [0.2, 0.25) is 5.91 Å². The number of fused-ring (bicyclic) bond motifs is 1. The Morgan fingerprint density at radius 1 is 1.32 bits per heavy atom. The van der Waals surface area contributed by atoms with Crippen molar-refractivity contribution < 1.29 is 14.4 Å². The van der Waals surface area contributed by atoms with Gasteiger partial charge in [-0.25, -0.2) is 0 Å². The number of hydrogen-bond acceptors (Lipinski definition) is 3. The summed E-state index contributed by atoms with van der Waals surface area (Å²) in [5, 5.41) is 2.72. The molecule has 0 aromatic heterocycles. The summed E-state index contributed by atoms with van der Waals surface area (Å²) in [5.41, 5.74) is 7.05. The molecule has 0 unspecified atom stereocenters. The lowest BCUT2D eigenvalue weighted by atomic mass is 10.0. The van der Waals surface area contributed by atoms with Crippen molar-refractivity contribution in [2.75, 3.05) is 13.1 Å². The number of nitrogens with two attached hydrogens (primary N) is 1. The number of carbonyl (C=O) groups excluding carboxylic acids is 3. The van der Waals surface area contributed by atoms with E-state index in [2.05, 4.69) is 12.2 Å². The third-order valence-corrected chi connectivity index (χ3v) is 3.71. The Kier molecular flexibility index (Phi) is 5.14. The van der Waals surface area contributed by atoms with E-state index < -0.39 is 5.91 Å². The second kappa shape index (κ2) is 7.06. The van der Waals surface area contributed by atoms with Gasteiger partial charge in [-0.2, -0.15) is 0 Å². The van der Waals surface area contributed by atoms with Crippen molar-refractivity contribution in [1.29, 1.82) is 0 Å². The standard InChI is InChI=1S/C16H21N3O3/c1-2-3-4-7-19(10-14(17)20)16(22)11-5-6-12-9-18-15(21)13(12)8-11/h5-6,8H,2-4,7,9-10H2,1H3,(H2,17,20)(H,18,21). The Balaban J connectivity index is 2.17. The van der Waals surface area contributed by atoms with E-state index in [1.165, 1.54) is 4.90 Å². The number of primary amides is 1. The van der Waals surface area contributed by atoms with Crippen LogP contribution in [-0.4, -0.2) is 35.7 Å². The molecule has 22 heavy (non-hydrogen) atoms. The van der Waals surface area contributed by atoms with Crippen LogP contribution in [0.25, 0.3) is 0 Å². The zero-order chi connectivity index (χ0) is 16.1. The van der Waals surface area contributed by atoms with Crippen LogP contribution in [0.5, 0.6) is 0 Å². The number of nitrogens with zero attached hydrogens (tertiary/aromatic N) is 1. The molecular formula is C16H21N3O3. The van der Waals surface area contributed by atoms with Crippen LogP contribution in [0.4, 0.5) is 0 Å². The number of benzene rings is 1. The number of nitrogens with one attached hydrogen (secondary N) is 1. The summed E-state index contributed by atoms with van der Waals surface area (Å²) in [6.45, 7) is 2.94. The first-order valence-electron chi connectivity index (χ1n) is 7.51. The lowest BCUT2D eigenvalue weighted by molar-refractivity contribution is -0.118. The summed E-state index contributed by atoms with van der Waals surface area (Å²) in [6, 6.07) is 5.05. The van der Waals surface area contributed by atoms with Crippen LogP contribution in [0.2, 0.25) is 0 Å². The van der Waals surface area contributed by atoms with E-state index in [1.54, 1.807) is 18.2 Å². The van der Waals surface area contributed by atoms with Crippen LogP contribution in [0.15, 0.2) is 18.2 Å². The average molecular weight is 303 g/mol. The maximum atomic E-state index is 12.6. The molecular weight excluding hydrogens is 282 g/mol. The van der Waals surface area contributed by atoms with Gasteiger partial charge in [-0.1, -0.05) is 25.8 Å². The van der Waals surface area contributed by atoms with E-state index in [0.717, 1.165) is 24.8 Å². The summed E-state index contributed by atoms with van der Waals surface area (Å²) >= 11 is 0. The number of unbranched alkanes of at least 4 members (excludes halogenated alkanes) is 2. The van der Waals surface area contributed by atoms with Crippen LogP contribution in [-0.2, 0) is 11.3 Å². The highest BCUT2D eigenvalue weighted by molar-refractivity contribution is 6.02. The van der Waals surface area contributed by atoms with Crippen molar-refractivity contribution in [2.45, 2.75) is 32.7 Å². The first kappa shape index (κ1) is 16.0. The molecule has 0 atom stereocenters. The number of hydrogen-bond donors (Lipinski definition) is 2. The molecule has 1 aromatic carbocycles. The fraction of sp³-hybridized carbons (Fsp3) is 0.438. The minimum absolute atomic E-state index is 0.105. The highest BCUT2D eigenvalue weighted by atomic mass is 16.2. The lowest BCUT2D eigenvalue weighted by Crippen LogP contribution is -2.39. The maximum Gasteiger partial charge on any atom is 0.254 e. The zero-order valence-corrected chi connectivity index (χ0v) is 12.7. The van der Waals surface area contributed by atoms with Gasteiger partial charge in [-0.05, 0) is 24.1 Å². The number of amides is 3. The molecule has 0 fully saturated rings. The molecule has 1 heterocycles. The topological polar surface area (TPSA) is 92.5 Å². The largest absolute Gasteiger partial charge is 0.368 e. The van der Waals surface area contributed by atoms with Crippen molar-refractivity contribution in [3.63, 3.8) is 0 Å². The normalized spacial score (nSPS) is 12.7. The SMILES string of the molecule is CCCCCN(CC(N)=O)C(=O)c1ccc2c(c1)C(=O)NC2. The summed E-state index contributed by atoms with van der Waals surface area (Å²) < 4.78 is 0. The van der Waals surface area contributed by atoms with Crippen molar-refractivity contribution in [3.05, 3.63) is 34.9 Å². The van der Waals surface area contributed by atoms with Crippen LogP contribution in [0.3, 0.4) is 0 Å². The predicted molar refractivity (Wildman–Crippen MR) is 82.2 cm³/mol. The van der Waals surface area contributed by atoms with Gasteiger partial charge >= 0.3 is 0 Å². The fourth-order valence-corrected chi connectivity index (χ4v) is 2.52. The molecule has 0 bridgehead atoms. The molecule has 3 amide bonds. The Labute approximate surface area is 129 Å². The number of rotatable bonds is 7. The van der Waals surface area contributed by atoms with Crippen molar-refractivity contribution in [3.8, 4) is 0 Å². The summed E-state index contributed by atoms with van der Waals surface area (Å²) in [6.07, 6.45) is 2.83. The molecule has 2 rings (SSSR count). The number of carbonyl (C=O) groups is 3. The average Bonchev–Trinajstić information content (AvgIpc) is 2.86. The molecule has 1 aliphatic rings. The van der Waals surface area contributed by atoms with Crippen LogP contribution in [0, 0.1) is 0 Å². The molecule has 0 radical (unpaired) electrons. The molecule has 6 heteroatoms. The van der Waals surface area contributed by atoms with Gasteiger partial charge in [0.1, 0.15) is 0 Å². The molecule has 0 aliphatic carbocycles. The minimum Gasteiger partial charge on any atom is -0.368 e. The summed E-state index contributed by atoms with van der Waals surface area (Å²) in [7, 11) is 0. The van der Waals surface area contributed by atoms with Gasteiger partial charge in [0.25, 0.3) is 11.8 Å². The molecule has 0 saturated carbocycles. The molecule has 0 saturated heterocycles. The second-order valence-electron chi connectivity index (χ2n) is 5.45. The van der Waals surface area contributed by atoms with Crippen LogP contribution >= 0.6 is 0 Å². The maximum absolute atomic E-state index is 12.6. The van der Waals surface area contributed by atoms with Crippen molar-refractivity contribution in [2.24, 2.45) is 5.73 Å². The summed E-state index contributed by atoms with van der Waals surface area (Å²) in [4.78, 5) is 36.9. The molecule has 1 aromatic rings. The van der Waals surface area contributed by atoms with Crippen LogP contribution in [0.1, 0.15) is 52.5 Å². The van der Waals surface area contributed by atoms with E-state index in [4.69, 9.17) is 5.73 Å². The third kappa shape index (κ3) is 3.63. The van der Waals surface area contributed by atoms with Gasteiger partial charge in [-0.3, -0.25) is 14.4 Å². The molecule has 6 nitrogen and oxygen atoms in total. The zero-order valence-electron chi connectivity index (χ0n) is 12.7. The first-order valence-corrected chi connectivity index (χ1v) is 7.51. The Hall–Kier alpha value is -2.37. The highest BCUT2D eigenvalue weighted by Gasteiger charge is 2.23. The van der Waals surface area contributed by atoms with Gasteiger partial charge in [0, 0.05) is 24.2 Å². The molecule has 1 aliphatic heterocycles. The predicted octanol–water partition coefficient (Wildman–Crippen LogP) is 1.05. The molecule has 118 valence electrons. The van der Waals surface area contributed by atoms with Gasteiger partial charge in [-0.15, -0.1) is 0 Å². The smallest absolute Gasteiger partial charge is 0.254 e. The van der Waals surface area contributed by atoms with Gasteiger partial charge in [0.15, 0.2) is 0 Å². The Morgan fingerprint density at radius 3 is 2.77 bits per heavy atom.